The molecule has 0 spiro atoms. The lowest BCUT2D eigenvalue weighted by atomic mass is 10.0. The number of hydrogen-bond acceptors (Lipinski definition) is 4. The second-order valence-corrected chi connectivity index (χ2v) is 8.48. The number of carbonyl (C=O) groups excluding carboxylic acids is 1. The van der Waals surface area contributed by atoms with E-state index in [0.29, 0.717) is 30.6 Å². The smallest absolute Gasteiger partial charge is 0.251 e. The van der Waals surface area contributed by atoms with E-state index in [1.54, 1.807) is 12.1 Å². The summed E-state index contributed by atoms with van der Waals surface area (Å²) in [5, 5.41) is 2.94. The highest BCUT2D eigenvalue weighted by atomic mass is 32.2. The van der Waals surface area contributed by atoms with E-state index < -0.39 is 10.0 Å². The van der Waals surface area contributed by atoms with Crippen LogP contribution < -0.4 is 10.0 Å². The van der Waals surface area contributed by atoms with E-state index in [9.17, 15) is 13.2 Å². The van der Waals surface area contributed by atoms with Gasteiger partial charge in [0.05, 0.1) is 11.5 Å². The van der Waals surface area contributed by atoms with Crippen molar-refractivity contribution in [3.8, 4) is 0 Å². The third-order valence-corrected chi connectivity index (χ3v) is 6.12. The lowest BCUT2D eigenvalue weighted by molar-refractivity contribution is 0.0922. The molecule has 1 heterocycles. The molecule has 7 heteroatoms. The van der Waals surface area contributed by atoms with Gasteiger partial charge in [-0.15, -0.1) is 0 Å². The van der Waals surface area contributed by atoms with E-state index in [2.05, 4.69) is 10.0 Å². The minimum absolute atomic E-state index is 0.00625. The molecule has 2 fully saturated rings. The molecule has 1 aliphatic heterocycles. The van der Waals surface area contributed by atoms with Crippen LogP contribution in [0.2, 0.25) is 0 Å². The second kappa shape index (κ2) is 7.21. The van der Waals surface area contributed by atoms with Gasteiger partial charge in [0.1, 0.15) is 0 Å². The fourth-order valence-corrected chi connectivity index (χ4v) is 3.95. The molecule has 1 aromatic rings. The van der Waals surface area contributed by atoms with Crippen LogP contribution in [0.1, 0.15) is 36.5 Å². The van der Waals surface area contributed by atoms with Crippen molar-refractivity contribution < 1.29 is 17.9 Å². The number of ether oxygens (including phenoxy) is 1. The summed E-state index contributed by atoms with van der Waals surface area (Å²) in [6.45, 7) is 3.80. The van der Waals surface area contributed by atoms with Gasteiger partial charge in [0.2, 0.25) is 10.0 Å². The van der Waals surface area contributed by atoms with Crippen molar-refractivity contribution in [2.45, 2.75) is 37.1 Å². The number of sulfonamides is 1. The Balaban J connectivity index is 1.66. The monoisotopic (exact) mass is 352 g/mol. The molecule has 2 aliphatic rings. The molecule has 0 aromatic heterocycles. The Kier molecular flexibility index (Phi) is 5.22. The van der Waals surface area contributed by atoms with Crippen LogP contribution in [0.4, 0.5) is 0 Å². The summed E-state index contributed by atoms with van der Waals surface area (Å²) in [5.74, 6) is 0.510. The third-order valence-electron chi connectivity index (χ3n) is 4.70. The van der Waals surface area contributed by atoms with E-state index in [1.165, 1.54) is 12.1 Å². The Morgan fingerprint density at radius 2 is 2.12 bits per heavy atom. The summed E-state index contributed by atoms with van der Waals surface area (Å²) in [6, 6.07) is 6.17. The van der Waals surface area contributed by atoms with Gasteiger partial charge < -0.3 is 10.1 Å². The maximum atomic E-state index is 12.4. The first-order valence-electron chi connectivity index (χ1n) is 8.44. The zero-order valence-corrected chi connectivity index (χ0v) is 14.6. The highest BCUT2D eigenvalue weighted by Crippen LogP contribution is 2.28. The van der Waals surface area contributed by atoms with E-state index in [4.69, 9.17) is 4.74 Å². The molecule has 2 N–H and O–H groups in total. The predicted octanol–water partition coefficient (Wildman–Crippen LogP) is 1.53. The average Bonchev–Trinajstić information content (AvgIpc) is 3.24. The van der Waals surface area contributed by atoms with Gasteiger partial charge in [-0.25, -0.2) is 13.1 Å². The zero-order valence-electron chi connectivity index (χ0n) is 13.8. The first-order valence-corrected chi connectivity index (χ1v) is 9.92. The van der Waals surface area contributed by atoms with Gasteiger partial charge >= 0.3 is 0 Å². The number of nitrogens with one attached hydrogen (secondary N) is 2. The Morgan fingerprint density at radius 3 is 2.79 bits per heavy atom. The average molecular weight is 352 g/mol. The molecular formula is C17H24N2O4S. The Morgan fingerprint density at radius 1 is 1.33 bits per heavy atom. The predicted molar refractivity (Wildman–Crippen MR) is 90.2 cm³/mol. The molecule has 1 aliphatic carbocycles. The summed E-state index contributed by atoms with van der Waals surface area (Å²) < 4.78 is 32.6. The Labute approximate surface area is 143 Å². The van der Waals surface area contributed by atoms with Crippen molar-refractivity contribution in [3.05, 3.63) is 29.8 Å². The van der Waals surface area contributed by atoms with Gasteiger partial charge in [-0.05, 0) is 50.3 Å². The van der Waals surface area contributed by atoms with E-state index in [0.717, 1.165) is 25.9 Å². The first kappa shape index (κ1) is 17.4. The maximum Gasteiger partial charge on any atom is 0.251 e. The SMILES string of the molecule is CC(NC(=O)c1cccc(S(=O)(=O)NCC2CC2)c1)C1CCOC1. The standard InChI is InChI=1S/C17H24N2O4S/c1-12(15-7-8-23-11-15)19-17(20)14-3-2-4-16(9-14)24(21,22)18-10-13-5-6-13/h2-4,9,12-13,15,18H,5-8,10-11H2,1H3,(H,19,20). The molecule has 1 aromatic carbocycles. The van der Waals surface area contributed by atoms with Crippen LogP contribution in [0.5, 0.6) is 0 Å². The minimum Gasteiger partial charge on any atom is -0.381 e. The molecule has 6 nitrogen and oxygen atoms in total. The second-order valence-electron chi connectivity index (χ2n) is 6.71. The number of carbonyl (C=O) groups is 1. The summed E-state index contributed by atoms with van der Waals surface area (Å²) in [6.07, 6.45) is 3.09. The molecule has 0 bridgehead atoms. The maximum absolute atomic E-state index is 12.4. The highest BCUT2D eigenvalue weighted by molar-refractivity contribution is 7.89. The molecule has 1 saturated carbocycles. The van der Waals surface area contributed by atoms with Crippen molar-refractivity contribution in [3.63, 3.8) is 0 Å². The highest BCUT2D eigenvalue weighted by Gasteiger charge is 2.26. The van der Waals surface area contributed by atoms with Crippen molar-refractivity contribution in [2.24, 2.45) is 11.8 Å². The Hall–Kier alpha value is -1.44. The molecule has 2 unspecified atom stereocenters. The summed E-state index contributed by atoms with van der Waals surface area (Å²) >= 11 is 0. The van der Waals surface area contributed by atoms with Crippen LogP contribution in [0.3, 0.4) is 0 Å². The third kappa shape index (κ3) is 4.34. The number of hydrogen-bond donors (Lipinski definition) is 2. The quantitative estimate of drug-likeness (QED) is 0.779. The van der Waals surface area contributed by atoms with E-state index >= 15 is 0 Å². The van der Waals surface area contributed by atoms with Crippen LogP contribution in [-0.2, 0) is 14.8 Å². The minimum atomic E-state index is -3.57. The van der Waals surface area contributed by atoms with Gasteiger partial charge in [-0.1, -0.05) is 6.07 Å². The topological polar surface area (TPSA) is 84.5 Å². The van der Waals surface area contributed by atoms with Gasteiger partial charge in [0.15, 0.2) is 0 Å². The lowest BCUT2D eigenvalue weighted by Crippen LogP contribution is -2.38. The van der Waals surface area contributed by atoms with Crippen LogP contribution in [0.25, 0.3) is 0 Å². The zero-order chi connectivity index (χ0) is 17.2. The van der Waals surface area contributed by atoms with E-state index in [1.807, 2.05) is 6.92 Å². The van der Waals surface area contributed by atoms with Gasteiger partial charge in [0.25, 0.3) is 5.91 Å². The van der Waals surface area contributed by atoms with Crippen LogP contribution in [-0.4, -0.2) is 40.1 Å². The number of rotatable bonds is 7. The summed E-state index contributed by atoms with van der Waals surface area (Å²) in [5.41, 5.74) is 0.357. The first-order chi connectivity index (χ1) is 11.5. The molecule has 132 valence electrons. The molecule has 2 atom stereocenters. The molecule has 1 amide bonds. The van der Waals surface area contributed by atoms with Crippen molar-refractivity contribution in [2.75, 3.05) is 19.8 Å². The fourth-order valence-electron chi connectivity index (χ4n) is 2.79. The number of amides is 1. The van der Waals surface area contributed by atoms with E-state index in [-0.39, 0.29) is 16.8 Å². The molecule has 3 rings (SSSR count). The largest absolute Gasteiger partial charge is 0.381 e. The number of benzene rings is 1. The van der Waals surface area contributed by atoms with Crippen molar-refractivity contribution in [1.82, 2.24) is 10.0 Å². The van der Waals surface area contributed by atoms with Gasteiger partial charge in [0, 0.05) is 30.7 Å². The Bertz CT molecular complexity index is 694. The van der Waals surface area contributed by atoms with Crippen LogP contribution >= 0.6 is 0 Å². The molecule has 0 radical (unpaired) electrons. The van der Waals surface area contributed by atoms with Crippen LogP contribution in [0.15, 0.2) is 29.2 Å². The molecule has 1 saturated heterocycles. The van der Waals surface area contributed by atoms with Crippen molar-refractivity contribution in [1.29, 1.82) is 0 Å². The van der Waals surface area contributed by atoms with Crippen molar-refractivity contribution >= 4 is 15.9 Å². The fraction of sp³-hybridized carbons (Fsp3) is 0.588. The van der Waals surface area contributed by atoms with Gasteiger partial charge in [-0.3, -0.25) is 4.79 Å². The van der Waals surface area contributed by atoms with Gasteiger partial charge in [-0.2, -0.15) is 0 Å². The normalized spacial score (nSPS) is 22.3. The van der Waals surface area contributed by atoms with Crippen LogP contribution in [0, 0.1) is 11.8 Å². The molecular weight excluding hydrogens is 328 g/mol. The lowest BCUT2D eigenvalue weighted by Gasteiger charge is -2.19. The molecule has 24 heavy (non-hydrogen) atoms. The summed E-state index contributed by atoms with van der Waals surface area (Å²) in [7, 11) is -3.57. The summed E-state index contributed by atoms with van der Waals surface area (Å²) in [4.78, 5) is 12.5.